The van der Waals surface area contributed by atoms with Crippen LogP contribution in [-0.4, -0.2) is 26.0 Å². The quantitative estimate of drug-likeness (QED) is 0.291. The predicted octanol–water partition coefficient (Wildman–Crippen LogP) is 4.96. The van der Waals surface area contributed by atoms with Crippen molar-refractivity contribution in [3.05, 3.63) is 105 Å². The monoisotopic (exact) mass is 469 g/mol. The maximum atomic E-state index is 13.0. The number of nitrogens with two attached hydrogens (primary N) is 1. The number of ether oxygens (including phenoxy) is 1. The van der Waals surface area contributed by atoms with Crippen molar-refractivity contribution in [2.75, 3.05) is 14.2 Å². The first-order valence-corrected chi connectivity index (χ1v) is 12.0. The van der Waals surface area contributed by atoms with Gasteiger partial charge in [0.1, 0.15) is 13.2 Å². The highest BCUT2D eigenvalue weighted by Crippen LogP contribution is 2.47. The van der Waals surface area contributed by atoms with Gasteiger partial charge in [-0.2, -0.15) is 0 Å². The average molecular weight is 470 g/mol. The molecule has 0 aromatic heterocycles. The third-order valence-corrected chi connectivity index (χ3v) is 7.13. The number of fused-ring (bicyclic) bond motifs is 2. The Labute approximate surface area is 206 Å². The molecule has 2 aliphatic carbocycles. The molecule has 3 aromatic rings. The van der Waals surface area contributed by atoms with Gasteiger partial charge in [0.2, 0.25) is 0 Å². The van der Waals surface area contributed by atoms with E-state index in [0.29, 0.717) is 23.9 Å². The van der Waals surface area contributed by atoms with Crippen LogP contribution < -0.4 is 11.1 Å². The van der Waals surface area contributed by atoms with Crippen molar-refractivity contribution in [3.63, 3.8) is 0 Å². The fraction of sp³-hybridized carbons (Fsp3) is 0.310. The van der Waals surface area contributed by atoms with Crippen molar-refractivity contribution in [3.8, 4) is 0 Å². The van der Waals surface area contributed by atoms with Crippen LogP contribution >= 0.6 is 0 Å². The van der Waals surface area contributed by atoms with Crippen molar-refractivity contribution in [2.45, 2.75) is 44.2 Å². The van der Waals surface area contributed by atoms with Gasteiger partial charge in [-0.3, -0.25) is 4.79 Å². The molecule has 5 rings (SSSR count). The molecule has 2 atom stereocenters. The van der Waals surface area contributed by atoms with Gasteiger partial charge in [0.15, 0.2) is 5.84 Å². The Hall–Kier alpha value is -3.64. The molecular formula is C29H31N3O3. The van der Waals surface area contributed by atoms with Gasteiger partial charge < -0.3 is 20.6 Å². The van der Waals surface area contributed by atoms with Gasteiger partial charge in [0.05, 0.1) is 0 Å². The number of amides is 1. The largest absolute Gasteiger partial charge is 0.397 e. The SMILES string of the molecule is CON=C(N)c1ccc(CNC(=O)c2ccc3c(c2)[C@H](C)c2cc(C4CC4)ccc2[C@@H]3OC)cc1. The molecule has 3 aromatic carbocycles. The number of rotatable bonds is 7. The summed E-state index contributed by atoms with van der Waals surface area (Å²) in [6.07, 6.45) is 2.44. The predicted molar refractivity (Wildman–Crippen MR) is 137 cm³/mol. The number of nitrogens with zero attached hydrogens (tertiary/aromatic N) is 1. The summed E-state index contributed by atoms with van der Waals surface area (Å²) >= 11 is 0. The number of carbonyl (C=O) groups excluding carboxylic acids is 1. The second-order valence-electron chi connectivity index (χ2n) is 9.38. The Bertz CT molecular complexity index is 1280. The molecule has 2 aliphatic rings. The second kappa shape index (κ2) is 9.55. The number of benzene rings is 3. The van der Waals surface area contributed by atoms with E-state index >= 15 is 0 Å². The highest BCUT2D eigenvalue weighted by molar-refractivity contribution is 5.97. The first-order valence-electron chi connectivity index (χ1n) is 12.0. The summed E-state index contributed by atoms with van der Waals surface area (Å²) in [5.41, 5.74) is 14.5. The van der Waals surface area contributed by atoms with E-state index in [1.165, 1.54) is 36.6 Å². The molecule has 180 valence electrons. The molecule has 3 N–H and O–H groups in total. The molecule has 1 fully saturated rings. The molecule has 35 heavy (non-hydrogen) atoms. The minimum Gasteiger partial charge on any atom is -0.397 e. The Kier molecular flexibility index (Phi) is 6.31. The van der Waals surface area contributed by atoms with Crippen LogP contribution in [-0.2, 0) is 16.1 Å². The van der Waals surface area contributed by atoms with Crippen LogP contribution in [0.5, 0.6) is 0 Å². The van der Waals surface area contributed by atoms with Gasteiger partial charge in [-0.1, -0.05) is 60.6 Å². The van der Waals surface area contributed by atoms with Gasteiger partial charge in [-0.25, -0.2) is 0 Å². The van der Waals surface area contributed by atoms with Crippen molar-refractivity contribution in [1.29, 1.82) is 0 Å². The Balaban J connectivity index is 1.34. The zero-order chi connectivity index (χ0) is 24.5. The lowest BCUT2D eigenvalue weighted by atomic mass is 9.76. The van der Waals surface area contributed by atoms with Crippen molar-refractivity contribution >= 4 is 11.7 Å². The summed E-state index contributed by atoms with van der Waals surface area (Å²) in [4.78, 5) is 17.7. The summed E-state index contributed by atoms with van der Waals surface area (Å²) in [5.74, 6) is 1.11. The molecule has 1 amide bonds. The molecule has 6 heteroatoms. The summed E-state index contributed by atoms with van der Waals surface area (Å²) in [5, 5.41) is 6.77. The van der Waals surface area contributed by atoms with E-state index in [4.69, 9.17) is 15.3 Å². The van der Waals surface area contributed by atoms with Gasteiger partial charge in [-0.05, 0) is 64.3 Å². The van der Waals surface area contributed by atoms with E-state index in [0.717, 1.165) is 22.3 Å². The molecule has 0 spiro atoms. The van der Waals surface area contributed by atoms with Gasteiger partial charge in [0, 0.05) is 30.7 Å². The molecule has 6 nitrogen and oxygen atoms in total. The van der Waals surface area contributed by atoms with Crippen molar-refractivity contribution < 1.29 is 14.4 Å². The van der Waals surface area contributed by atoms with Gasteiger partial charge in [-0.15, -0.1) is 0 Å². The number of oxime groups is 1. The van der Waals surface area contributed by atoms with Crippen LogP contribution in [0.25, 0.3) is 0 Å². The lowest BCUT2D eigenvalue weighted by Gasteiger charge is -2.32. The molecule has 0 unspecified atom stereocenters. The third-order valence-electron chi connectivity index (χ3n) is 7.13. The molecule has 1 saturated carbocycles. The van der Waals surface area contributed by atoms with E-state index in [9.17, 15) is 4.79 Å². The number of carbonyl (C=O) groups is 1. The van der Waals surface area contributed by atoms with Gasteiger partial charge >= 0.3 is 0 Å². The minimum atomic E-state index is -0.117. The Morgan fingerprint density at radius 1 is 0.943 bits per heavy atom. The highest BCUT2D eigenvalue weighted by Gasteiger charge is 2.32. The average Bonchev–Trinajstić information content (AvgIpc) is 3.73. The van der Waals surface area contributed by atoms with Crippen LogP contribution in [0.2, 0.25) is 0 Å². The minimum absolute atomic E-state index is 0.101. The Morgan fingerprint density at radius 3 is 2.26 bits per heavy atom. The first-order chi connectivity index (χ1) is 17.0. The van der Waals surface area contributed by atoms with Crippen LogP contribution in [0.15, 0.2) is 65.8 Å². The number of nitrogens with one attached hydrogen (secondary N) is 1. The molecule has 0 bridgehead atoms. The fourth-order valence-electron chi connectivity index (χ4n) is 5.03. The summed E-state index contributed by atoms with van der Waals surface area (Å²) in [6, 6.07) is 20.4. The van der Waals surface area contributed by atoms with Crippen LogP contribution in [0.4, 0.5) is 0 Å². The first kappa shape index (κ1) is 23.1. The molecule has 0 saturated heterocycles. The Morgan fingerprint density at radius 2 is 1.60 bits per heavy atom. The third kappa shape index (κ3) is 4.54. The number of hydrogen-bond acceptors (Lipinski definition) is 4. The molecule has 0 radical (unpaired) electrons. The fourth-order valence-corrected chi connectivity index (χ4v) is 5.03. The maximum absolute atomic E-state index is 13.0. The lowest BCUT2D eigenvalue weighted by Crippen LogP contribution is -2.24. The van der Waals surface area contributed by atoms with Crippen molar-refractivity contribution in [1.82, 2.24) is 5.32 Å². The van der Waals surface area contributed by atoms with E-state index in [-0.39, 0.29) is 17.9 Å². The highest BCUT2D eigenvalue weighted by atomic mass is 16.6. The summed E-state index contributed by atoms with van der Waals surface area (Å²) in [6.45, 7) is 2.64. The topological polar surface area (TPSA) is 85.9 Å². The van der Waals surface area contributed by atoms with E-state index in [1.807, 2.05) is 42.5 Å². The zero-order valence-corrected chi connectivity index (χ0v) is 20.4. The normalized spacial score (nSPS) is 19.0. The number of hydrogen-bond donors (Lipinski definition) is 2. The molecule has 0 heterocycles. The molecule has 0 aliphatic heterocycles. The standard InChI is InChI=1S/C29H31N3O3/c1-17-25-14-21(19-8-9-19)10-12-23(25)27(34-2)24-13-11-22(15-26(17)24)29(33)31-16-18-4-6-20(7-5-18)28(30)32-35-3/h4-7,10-15,17,19,27H,8-9,16H2,1-3H3,(H2,30,32)(H,31,33)/t17-,27+/m1/s1. The van der Waals surface area contributed by atoms with Crippen LogP contribution in [0.1, 0.15) is 87.0 Å². The van der Waals surface area contributed by atoms with E-state index < -0.39 is 0 Å². The van der Waals surface area contributed by atoms with Crippen LogP contribution in [0, 0.1) is 0 Å². The van der Waals surface area contributed by atoms with Crippen LogP contribution in [0.3, 0.4) is 0 Å². The van der Waals surface area contributed by atoms with E-state index in [2.05, 4.69) is 35.6 Å². The second-order valence-corrected chi connectivity index (χ2v) is 9.38. The van der Waals surface area contributed by atoms with E-state index in [1.54, 1.807) is 7.11 Å². The summed E-state index contributed by atoms with van der Waals surface area (Å²) in [7, 11) is 3.21. The smallest absolute Gasteiger partial charge is 0.251 e. The zero-order valence-electron chi connectivity index (χ0n) is 20.4. The lowest BCUT2D eigenvalue weighted by molar-refractivity contribution is 0.0950. The molecular weight excluding hydrogens is 438 g/mol. The van der Waals surface area contributed by atoms with Crippen molar-refractivity contribution in [2.24, 2.45) is 10.9 Å². The van der Waals surface area contributed by atoms with Gasteiger partial charge in [0.25, 0.3) is 5.91 Å². The summed E-state index contributed by atoms with van der Waals surface area (Å²) < 4.78 is 5.93. The number of methoxy groups -OCH3 is 1. The maximum Gasteiger partial charge on any atom is 0.251 e. The number of amidine groups is 1.